The van der Waals surface area contributed by atoms with Gasteiger partial charge in [-0.3, -0.25) is 0 Å². The fraction of sp³-hybridized carbons (Fsp3) is 0.412. The first-order chi connectivity index (χ1) is 11.0. The molecule has 0 unspecified atom stereocenters. The van der Waals surface area contributed by atoms with E-state index in [0.29, 0.717) is 20.7 Å². The van der Waals surface area contributed by atoms with Gasteiger partial charge >= 0.3 is 0 Å². The van der Waals surface area contributed by atoms with E-state index in [2.05, 4.69) is 42.0 Å². The second kappa shape index (κ2) is 8.32. The van der Waals surface area contributed by atoms with E-state index in [1.165, 1.54) is 0 Å². The maximum absolute atomic E-state index is 6.33. The van der Waals surface area contributed by atoms with Gasteiger partial charge in [0.1, 0.15) is 4.60 Å². The van der Waals surface area contributed by atoms with Gasteiger partial charge in [-0.05, 0) is 53.4 Å². The summed E-state index contributed by atoms with van der Waals surface area (Å²) < 4.78 is 0.697. The molecule has 0 aliphatic carbocycles. The third-order valence-electron chi connectivity index (χ3n) is 3.77. The zero-order chi connectivity index (χ0) is 17.0. The Bertz CT molecular complexity index is 688. The van der Waals surface area contributed by atoms with Crippen molar-refractivity contribution in [2.24, 2.45) is 0 Å². The second-order valence-corrected chi connectivity index (χ2v) is 6.89. The molecule has 3 nitrogen and oxygen atoms in total. The number of nitrogens with zero attached hydrogens (tertiary/aromatic N) is 2. The summed E-state index contributed by atoms with van der Waals surface area (Å²) in [5.74, 6) is 0.782. The number of anilines is 1. The molecule has 0 bridgehead atoms. The van der Waals surface area contributed by atoms with Crippen LogP contribution in [0.4, 0.5) is 5.82 Å². The van der Waals surface area contributed by atoms with Gasteiger partial charge in [0.05, 0.1) is 16.4 Å². The third kappa shape index (κ3) is 4.37. The number of nitrogens with one attached hydrogen (secondary N) is 1. The summed E-state index contributed by atoms with van der Waals surface area (Å²) in [6.07, 6.45) is 2.85. The molecule has 2 aromatic rings. The van der Waals surface area contributed by atoms with Crippen molar-refractivity contribution < 1.29 is 0 Å². The smallest absolute Gasteiger partial charge is 0.159 e. The maximum atomic E-state index is 6.33. The van der Waals surface area contributed by atoms with Crippen LogP contribution < -0.4 is 5.32 Å². The Kier molecular flexibility index (Phi) is 6.69. The topological polar surface area (TPSA) is 37.8 Å². The molecule has 124 valence electrons. The largest absolute Gasteiger partial charge is 0.365 e. The van der Waals surface area contributed by atoms with Crippen LogP contribution in [0.2, 0.25) is 10.0 Å². The van der Waals surface area contributed by atoms with Crippen molar-refractivity contribution in [1.29, 1.82) is 0 Å². The summed E-state index contributed by atoms with van der Waals surface area (Å²) in [6.45, 7) is 6.38. The van der Waals surface area contributed by atoms with Crippen LogP contribution in [-0.2, 0) is 6.42 Å². The van der Waals surface area contributed by atoms with Crippen LogP contribution in [0.25, 0.3) is 11.3 Å². The van der Waals surface area contributed by atoms with E-state index in [1.807, 2.05) is 12.1 Å². The van der Waals surface area contributed by atoms with E-state index in [1.54, 1.807) is 6.07 Å². The molecule has 1 aromatic heterocycles. The molecule has 0 saturated heterocycles. The van der Waals surface area contributed by atoms with Gasteiger partial charge in [-0.1, -0.05) is 44.0 Å². The number of aryl methyl sites for hydroxylation is 1. The summed E-state index contributed by atoms with van der Waals surface area (Å²) in [5, 5.41) is 4.63. The average molecular weight is 417 g/mol. The number of halogens is 3. The predicted molar refractivity (Wildman–Crippen MR) is 103 cm³/mol. The van der Waals surface area contributed by atoms with E-state index in [0.717, 1.165) is 42.0 Å². The molecule has 0 atom stereocenters. The Hall–Kier alpha value is -0.840. The van der Waals surface area contributed by atoms with Crippen molar-refractivity contribution in [2.45, 2.75) is 46.1 Å². The van der Waals surface area contributed by atoms with Crippen LogP contribution >= 0.6 is 39.1 Å². The molecule has 6 heteroatoms. The number of benzene rings is 1. The van der Waals surface area contributed by atoms with Crippen LogP contribution in [-0.4, -0.2) is 16.0 Å². The molecule has 0 amide bonds. The summed E-state index contributed by atoms with van der Waals surface area (Å²) in [6, 6.07) is 5.81. The first kappa shape index (κ1) is 18.5. The Morgan fingerprint density at radius 1 is 1.13 bits per heavy atom. The molecule has 0 radical (unpaired) electrons. The fourth-order valence-electron chi connectivity index (χ4n) is 2.37. The summed E-state index contributed by atoms with van der Waals surface area (Å²) >= 11 is 15.8. The number of hydrogen-bond acceptors (Lipinski definition) is 3. The highest BCUT2D eigenvalue weighted by Gasteiger charge is 2.16. The van der Waals surface area contributed by atoms with Gasteiger partial charge in [-0.2, -0.15) is 0 Å². The fourth-order valence-corrected chi connectivity index (χ4v) is 3.25. The van der Waals surface area contributed by atoms with E-state index in [-0.39, 0.29) is 0 Å². The van der Waals surface area contributed by atoms with Gasteiger partial charge in [0.25, 0.3) is 0 Å². The van der Waals surface area contributed by atoms with E-state index in [9.17, 15) is 0 Å². The Labute approximate surface area is 156 Å². The molecule has 1 aromatic carbocycles. The predicted octanol–water partition coefficient (Wildman–Crippen LogP) is 6.38. The minimum absolute atomic E-state index is 0.385. The molecule has 0 aliphatic heterocycles. The molecule has 0 fully saturated rings. The molecular formula is C17H20BrCl2N3. The summed E-state index contributed by atoms with van der Waals surface area (Å²) in [5.41, 5.74) is 2.54. The van der Waals surface area contributed by atoms with Crippen molar-refractivity contribution in [3.05, 3.63) is 38.5 Å². The summed E-state index contributed by atoms with van der Waals surface area (Å²) in [4.78, 5) is 9.44. The quantitative estimate of drug-likeness (QED) is 0.593. The molecule has 23 heavy (non-hydrogen) atoms. The minimum Gasteiger partial charge on any atom is -0.365 e. The number of rotatable bonds is 6. The van der Waals surface area contributed by atoms with Gasteiger partial charge in [0.15, 0.2) is 5.82 Å². The Morgan fingerprint density at radius 2 is 1.83 bits per heavy atom. The maximum Gasteiger partial charge on any atom is 0.159 e. The van der Waals surface area contributed by atoms with Crippen molar-refractivity contribution >= 4 is 44.9 Å². The van der Waals surface area contributed by atoms with Crippen LogP contribution in [0.5, 0.6) is 0 Å². The van der Waals surface area contributed by atoms with Crippen molar-refractivity contribution in [3.63, 3.8) is 0 Å². The van der Waals surface area contributed by atoms with Crippen LogP contribution in [0, 0.1) is 0 Å². The zero-order valence-electron chi connectivity index (χ0n) is 13.5. The highest BCUT2D eigenvalue weighted by Crippen LogP contribution is 2.33. The van der Waals surface area contributed by atoms with E-state index >= 15 is 0 Å². The van der Waals surface area contributed by atoms with Crippen molar-refractivity contribution in [3.8, 4) is 11.3 Å². The lowest BCUT2D eigenvalue weighted by molar-refractivity contribution is 0.666. The highest BCUT2D eigenvalue weighted by molar-refractivity contribution is 9.10. The zero-order valence-corrected chi connectivity index (χ0v) is 16.6. The first-order valence-electron chi connectivity index (χ1n) is 7.78. The van der Waals surface area contributed by atoms with Gasteiger partial charge in [-0.15, -0.1) is 0 Å². The Morgan fingerprint density at radius 3 is 2.39 bits per heavy atom. The average Bonchev–Trinajstić information content (AvgIpc) is 2.53. The van der Waals surface area contributed by atoms with Gasteiger partial charge in [0.2, 0.25) is 0 Å². The van der Waals surface area contributed by atoms with E-state index in [4.69, 9.17) is 33.2 Å². The second-order valence-electron chi connectivity index (χ2n) is 5.29. The van der Waals surface area contributed by atoms with Crippen molar-refractivity contribution in [1.82, 2.24) is 9.97 Å². The van der Waals surface area contributed by atoms with Gasteiger partial charge in [-0.25, -0.2) is 9.97 Å². The lowest BCUT2D eigenvalue weighted by atomic mass is 10.1. The van der Waals surface area contributed by atoms with E-state index < -0.39 is 0 Å². The SMILES string of the molecule is CCc1nc(NC(CC)CC)c(Br)nc1-c1ccc(Cl)cc1Cl. The van der Waals surface area contributed by atoms with Crippen LogP contribution in [0.1, 0.15) is 39.3 Å². The normalized spacial score (nSPS) is 11.1. The number of hydrogen-bond donors (Lipinski definition) is 1. The minimum atomic E-state index is 0.385. The Balaban J connectivity index is 2.48. The summed E-state index contributed by atoms with van der Waals surface area (Å²) in [7, 11) is 0. The molecule has 1 heterocycles. The standard InChI is InChI=1S/C17H20BrCl2N3/c1-4-11(5-2)21-17-16(18)23-15(14(6-3)22-17)12-8-7-10(19)9-13(12)20/h7-9,11H,4-6H2,1-3H3,(H,21,22). The first-order valence-corrected chi connectivity index (χ1v) is 9.33. The molecule has 0 saturated carbocycles. The molecular weight excluding hydrogens is 397 g/mol. The molecule has 0 aliphatic rings. The number of aromatic nitrogens is 2. The highest BCUT2D eigenvalue weighted by atomic mass is 79.9. The van der Waals surface area contributed by atoms with Gasteiger partial charge < -0.3 is 5.32 Å². The molecule has 0 spiro atoms. The third-order valence-corrected chi connectivity index (χ3v) is 4.87. The van der Waals surface area contributed by atoms with Gasteiger partial charge in [0, 0.05) is 16.6 Å². The lowest BCUT2D eigenvalue weighted by Crippen LogP contribution is -2.19. The monoisotopic (exact) mass is 415 g/mol. The van der Waals surface area contributed by atoms with Crippen LogP contribution in [0.3, 0.4) is 0 Å². The lowest BCUT2D eigenvalue weighted by Gasteiger charge is -2.18. The molecule has 2 rings (SSSR count). The van der Waals surface area contributed by atoms with Crippen molar-refractivity contribution in [2.75, 3.05) is 5.32 Å². The molecule has 1 N–H and O–H groups in total. The van der Waals surface area contributed by atoms with Crippen LogP contribution in [0.15, 0.2) is 22.8 Å².